The molecule has 3 aliphatic heterocycles. The molecule has 4 fully saturated rings. The van der Waals surface area contributed by atoms with E-state index < -0.39 is 11.1 Å². The number of anilines is 1. The van der Waals surface area contributed by atoms with Crippen LogP contribution in [0.15, 0.2) is 12.7 Å². The summed E-state index contributed by atoms with van der Waals surface area (Å²) in [5.41, 5.74) is 4.99. The molecule has 13 heteroatoms. The van der Waals surface area contributed by atoms with Crippen LogP contribution in [0.25, 0.3) is 11.2 Å². The van der Waals surface area contributed by atoms with E-state index in [9.17, 15) is 19.5 Å². The van der Waals surface area contributed by atoms with Crippen molar-refractivity contribution in [3.8, 4) is 0 Å². The molecule has 0 unspecified atom stereocenters. The van der Waals surface area contributed by atoms with Gasteiger partial charge in [-0.05, 0) is 50.9 Å². The molecule has 4 amide bonds. The summed E-state index contributed by atoms with van der Waals surface area (Å²) in [5.74, 6) is 0.187. The topological polar surface area (TPSA) is 169 Å². The van der Waals surface area contributed by atoms with E-state index in [1.54, 1.807) is 13.3 Å². The Labute approximate surface area is 232 Å². The first-order chi connectivity index (χ1) is 19.1. The van der Waals surface area contributed by atoms with Crippen LogP contribution in [-0.2, 0) is 14.3 Å². The molecule has 216 valence electrons. The SMILES string of the molecule is C[C@@]1(O)COCC2(CCN(C(=O)CCCN3C(=O)NC4(CCCC4)C3=O)CC2)C[C@H]1n1cnc2c(N)ncnc21. The van der Waals surface area contributed by atoms with Gasteiger partial charge in [0.2, 0.25) is 5.91 Å². The largest absolute Gasteiger partial charge is 0.386 e. The fourth-order valence-corrected chi connectivity index (χ4v) is 7.08. The summed E-state index contributed by atoms with van der Waals surface area (Å²) in [5, 5.41) is 14.3. The number of aliphatic hydroxyl groups is 1. The van der Waals surface area contributed by atoms with Crippen LogP contribution < -0.4 is 11.1 Å². The molecular weight excluding hydrogens is 516 g/mol. The first-order valence-electron chi connectivity index (χ1n) is 14.3. The number of nitrogen functional groups attached to an aromatic ring is 1. The van der Waals surface area contributed by atoms with Crippen LogP contribution in [0.4, 0.5) is 10.6 Å². The van der Waals surface area contributed by atoms with E-state index in [0.29, 0.717) is 62.4 Å². The predicted octanol–water partition coefficient (Wildman–Crippen LogP) is 1.37. The van der Waals surface area contributed by atoms with E-state index in [1.165, 1.54) is 11.2 Å². The predicted molar refractivity (Wildman–Crippen MR) is 144 cm³/mol. The lowest BCUT2D eigenvalue weighted by Crippen LogP contribution is -2.46. The lowest BCUT2D eigenvalue weighted by Gasteiger charge is -2.43. The summed E-state index contributed by atoms with van der Waals surface area (Å²) in [6.45, 7) is 3.87. The summed E-state index contributed by atoms with van der Waals surface area (Å²) >= 11 is 0. The first-order valence-corrected chi connectivity index (χ1v) is 14.3. The molecule has 1 saturated carbocycles. The van der Waals surface area contributed by atoms with Crippen LogP contribution >= 0.6 is 0 Å². The Bertz CT molecular complexity index is 1310. The molecule has 0 aromatic carbocycles. The number of nitrogens with one attached hydrogen (secondary N) is 1. The smallest absolute Gasteiger partial charge is 0.325 e. The van der Waals surface area contributed by atoms with E-state index >= 15 is 0 Å². The van der Waals surface area contributed by atoms with Crippen molar-refractivity contribution < 1.29 is 24.2 Å². The van der Waals surface area contributed by atoms with E-state index in [2.05, 4.69) is 20.3 Å². The highest BCUT2D eigenvalue weighted by Gasteiger charge is 2.52. The average molecular weight is 555 g/mol. The molecule has 2 aromatic heterocycles. The van der Waals surface area contributed by atoms with E-state index in [0.717, 1.165) is 25.7 Å². The summed E-state index contributed by atoms with van der Waals surface area (Å²) in [4.78, 5) is 54.3. The Morgan fingerprint density at radius 1 is 1.15 bits per heavy atom. The van der Waals surface area contributed by atoms with Crippen LogP contribution in [-0.4, -0.2) is 96.3 Å². The van der Waals surface area contributed by atoms with Crippen molar-refractivity contribution in [3.05, 3.63) is 12.7 Å². The van der Waals surface area contributed by atoms with Gasteiger partial charge in [0, 0.05) is 26.1 Å². The Balaban J connectivity index is 1.07. The number of fused-ring (bicyclic) bond motifs is 1. The monoisotopic (exact) mass is 554 g/mol. The maximum atomic E-state index is 13.1. The molecule has 6 rings (SSSR count). The third kappa shape index (κ3) is 4.58. The molecule has 2 atom stereocenters. The molecule has 4 N–H and O–H groups in total. The zero-order valence-electron chi connectivity index (χ0n) is 23.0. The highest BCUT2D eigenvalue weighted by Crippen LogP contribution is 2.46. The highest BCUT2D eigenvalue weighted by molar-refractivity contribution is 6.07. The first kappa shape index (κ1) is 26.9. The third-order valence-electron chi connectivity index (χ3n) is 9.52. The normalized spacial score (nSPS) is 28.0. The van der Waals surface area contributed by atoms with Crippen molar-refractivity contribution in [2.24, 2.45) is 5.41 Å². The van der Waals surface area contributed by atoms with Crippen molar-refractivity contribution in [2.75, 3.05) is 38.6 Å². The molecule has 3 saturated heterocycles. The van der Waals surface area contributed by atoms with Gasteiger partial charge >= 0.3 is 6.03 Å². The quantitative estimate of drug-likeness (QED) is 0.462. The fraction of sp³-hybridized carbons (Fsp3) is 0.704. The number of rotatable bonds is 5. The van der Waals surface area contributed by atoms with Crippen molar-refractivity contribution in [2.45, 2.75) is 81.9 Å². The number of carbonyl (C=O) groups excluding carboxylic acids is 3. The molecule has 5 heterocycles. The zero-order valence-corrected chi connectivity index (χ0v) is 23.0. The number of carbonyl (C=O) groups is 3. The Hall–Kier alpha value is -3.32. The number of urea groups is 1. The number of imidazole rings is 1. The molecule has 4 aliphatic rings. The van der Waals surface area contributed by atoms with Gasteiger partial charge < -0.3 is 30.4 Å². The molecule has 2 aromatic rings. The van der Waals surface area contributed by atoms with Gasteiger partial charge in [-0.1, -0.05) is 12.8 Å². The van der Waals surface area contributed by atoms with Gasteiger partial charge in [-0.3, -0.25) is 14.5 Å². The fourth-order valence-electron chi connectivity index (χ4n) is 7.08. The van der Waals surface area contributed by atoms with Gasteiger partial charge in [0.25, 0.3) is 5.91 Å². The summed E-state index contributed by atoms with van der Waals surface area (Å²) in [6.07, 6.45) is 9.20. The second-order valence-electron chi connectivity index (χ2n) is 12.3. The minimum atomic E-state index is -1.15. The summed E-state index contributed by atoms with van der Waals surface area (Å²) in [7, 11) is 0. The Kier molecular flexibility index (Phi) is 6.68. The zero-order chi connectivity index (χ0) is 28.1. The Morgan fingerprint density at radius 2 is 1.90 bits per heavy atom. The van der Waals surface area contributed by atoms with Crippen molar-refractivity contribution in [1.82, 2.24) is 34.6 Å². The molecular formula is C27H38N8O5. The second-order valence-corrected chi connectivity index (χ2v) is 12.3. The molecule has 2 spiro atoms. The number of nitrogens with zero attached hydrogens (tertiary/aromatic N) is 6. The van der Waals surface area contributed by atoms with Crippen LogP contribution in [0.3, 0.4) is 0 Å². The van der Waals surface area contributed by atoms with Gasteiger partial charge in [0.1, 0.15) is 23.0 Å². The van der Waals surface area contributed by atoms with Crippen LogP contribution in [0.1, 0.15) is 70.8 Å². The van der Waals surface area contributed by atoms with Crippen LogP contribution in [0.2, 0.25) is 0 Å². The number of piperidine rings is 1. The number of ether oxygens (including phenoxy) is 1. The number of imide groups is 1. The number of hydrogen-bond donors (Lipinski definition) is 3. The average Bonchev–Trinajstić information content (AvgIpc) is 3.61. The van der Waals surface area contributed by atoms with Crippen molar-refractivity contribution >= 4 is 34.8 Å². The minimum Gasteiger partial charge on any atom is -0.386 e. The van der Waals surface area contributed by atoms with E-state index in [1.807, 2.05) is 9.47 Å². The minimum absolute atomic E-state index is 0.0309. The number of likely N-dealkylation sites (tertiary alicyclic amines) is 1. The van der Waals surface area contributed by atoms with Gasteiger partial charge in [-0.2, -0.15) is 0 Å². The number of aromatic nitrogens is 4. The summed E-state index contributed by atoms with van der Waals surface area (Å²) < 4.78 is 7.91. The van der Waals surface area contributed by atoms with Gasteiger partial charge in [0.15, 0.2) is 11.5 Å². The van der Waals surface area contributed by atoms with Gasteiger partial charge in [0.05, 0.1) is 25.6 Å². The number of amides is 4. The lowest BCUT2D eigenvalue weighted by atomic mass is 9.72. The molecule has 0 bridgehead atoms. The standard InChI is InChI=1S/C27H38N8O5/c1-25(39)14-40-15-26(13-18(25)35-17-31-20-21(28)29-16-30-22(20)35)8-11-33(12-9-26)19(36)5-4-10-34-23(37)27(32-24(34)38)6-2-3-7-27/h16-18,39H,2-15H2,1H3,(H,32,38)(H2,28,29,30)/t18-,25-/m1/s1. The molecule has 1 aliphatic carbocycles. The maximum Gasteiger partial charge on any atom is 0.325 e. The molecule has 13 nitrogen and oxygen atoms in total. The van der Waals surface area contributed by atoms with Crippen molar-refractivity contribution in [3.63, 3.8) is 0 Å². The molecule has 40 heavy (non-hydrogen) atoms. The van der Waals surface area contributed by atoms with E-state index in [-0.39, 0.29) is 48.9 Å². The van der Waals surface area contributed by atoms with E-state index in [4.69, 9.17) is 10.5 Å². The number of nitrogens with two attached hydrogens (primary N) is 1. The second kappa shape index (κ2) is 9.95. The highest BCUT2D eigenvalue weighted by atomic mass is 16.5. The number of hydrogen-bond acceptors (Lipinski definition) is 9. The van der Waals surface area contributed by atoms with Crippen molar-refractivity contribution in [1.29, 1.82) is 0 Å². The Morgan fingerprint density at radius 3 is 2.65 bits per heavy atom. The third-order valence-corrected chi connectivity index (χ3v) is 9.52. The lowest BCUT2D eigenvalue weighted by molar-refractivity contribution is -0.135. The van der Waals surface area contributed by atoms with Crippen LogP contribution in [0.5, 0.6) is 0 Å². The van der Waals surface area contributed by atoms with Crippen LogP contribution in [0, 0.1) is 5.41 Å². The summed E-state index contributed by atoms with van der Waals surface area (Å²) in [6, 6.07) is -0.679. The molecule has 0 radical (unpaired) electrons. The van der Waals surface area contributed by atoms with Gasteiger partial charge in [-0.25, -0.2) is 19.7 Å². The maximum absolute atomic E-state index is 13.1. The van der Waals surface area contributed by atoms with Gasteiger partial charge in [-0.15, -0.1) is 0 Å².